The number of hydrogen-bond acceptors (Lipinski definition) is 12. The molecular formula is C29H37F2N6O8P. The number of aliphatic hydroxyl groups is 1. The number of nitrogens with zero attached hydrogens (tertiary/aromatic N) is 4. The summed E-state index contributed by atoms with van der Waals surface area (Å²) >= 11 is 0. The highest BCUT2D eigenvalue weighted by atomic mass is 31.2. The number of ether oxygens (including phenoxy) is 3. The maximum Gasteiger partial charge on any atom is 0.459 e. The number of halogens is 2. The van der Waals surface area contributed by atoms with Crippen LogP contribution in [0.2, 0.25) is 0 Å². The van der Waals surface area contributed by atoms with Crippen LogP contribution in [0.4, 0.5) is 14.7 Å². The Bertz CT molecular complexity index is 1700. The fraction of sp³-hybridized carbons (Fsp3) is 0.448. The maximum absolute atomic E-state index is 16.4. The minimum atomic E-state index is -4.66. The van der Waals surface area contributed by atoms with E-state index in [0.717, 1.165) is 23.2 Å². The van der Waals surface area contributed by atoms with Gasteiger partial charge in [-0.25, -0.2) is 18.3 Å². The molecule has 4 N–H and O–H groups in total. The number of aliphatic hydroxyl groups excluding tert-OH is 1. The van der Waals surface area contributed by atoms with Gasteiger partial charge in [-0.3, -0.25) is 13.9 Å². The Hall–Kier alpha value is -3.95. The number of aromatic nitrogens is 4. The first-order chi connectivity index (χ1) is 21.8. The lowest BCUT2D eigenvalue weighted by Crippen LogP contribution is -2.46. The third-order valence-electron chi connectivity index (χ3n) is 6.54. The molecule has 0 saturated carbocycles. The molecule has 4 aromatic rings. The van der Waals surface area contributed by atoms with Gasteiger partial charge in [0.15, 0.2) is 17.4 Å². The number of imidazole rings is 1. The van der Waals surface area contributed by atoms with Crippen LogP contribution in [0, 0.1) is 0 Å². The molecule has 5 atom stereocenters. The van der Waals surface area contributed by atoms with Crippen LogP contribution in [0.3, 0.4) is 0 Å². The van der Waals surface area contributed by atoms with E-state index in [1.165, 1.54) is 13.0 Å². The normalized spacial score (nSPS) is 16.5. The molecule has 0 radical (unpaired) electrons. The Kier molecular flexibility index (Phi) is 11.1. The first kappa shape index (κ1) is 34.9. The minimum absolute atomic E-state index is 0.0226. The Morgan fingerprint density at radius 1 is 1.15 bits per heavy atom. The predicted octanol–water partition coefficient (Wildman–Crippen LogP) is 4.63. The Labute approximate surface area is 263 Å². The van der Waals surface area contributed by atoms with E-state index in [4.69, 9.17) is 29.0 Å². The van der Waals surface area contributed by atoms with E-state index < -0.39 is 57.3 Å². The molecule has 0 aliphatic rings. The highest BCUT2D eigenvalue weighted by Gasteiger charge is 2.45. The summed E-state index contributed by atoms with van der Waals surface area (Å²) < 4.78 is 73.5. The second kappa shape index (κ2) is 14.6. The molecule has 0 amide bonds. The van der Waals surface area contributed by atoms with Crippen LogP contribution in [0.15, 0.2) is 48.8 Å². The van der Waals surface area contributed by atoms with Gasteiger partial charge in [-0.1, -0.05) is 36.4 Å². The monoisotopic (exact) mass is 666 g/mol. The van der Waals surface area contributed by atoms with Crippen molar-refractivity contribution in [1.82, 2.24) is 24.6 Å². The summed E-state index contributed by atoms with van der Waals surface area (Å²) in [6.07, 6.45) is -3.08. The molecule has 4 rings (SSSR count). The average Bonchev–Trinajstić information content (AvgIpc) is 3.42. The molecule has 46 heavy (non-hydrogen) atoms. The highest BCUT2D eigenvalue weighted by Crippen LogP contribution is 2.48. The van der Waals surface area contributed by atoms with Gasteiger partial charge in [0.2, 0.25) is 11.8 Å². The van der Waals surface area contributed by atoms with Gasteiger partial charge in [-0.05, 0) is 46.1 Å². The standard InChI is InChI=1S/C29H37F2N6O8P/c1-6-41-26-24-25(34-28(32)35-26)37(16-33-24)23(14-30)44-29(31,19(5)38)15-42-46(40,36-18(4)27(39)43-17(2)3)45-22-13-9-11-20-10-7-8-12-21(20)22/h7-13,16-19,23,38H,6,14-15H2,1-5H3,(H,36,40)(H2,32,34,35)/t18?,19-,23-,29+,46?/m0/s1. The quantitative estimate of drug-likeness (QED) is 0.111. The van der Waals surface area contributed by atoms with Crippen molar-refractivity contribution in [3.63, 3.8) is 0 Å². The van der Waals surface area contributed by atoms with Crippen molar-refractivity contribution in [2.45, 2.75) is 65.0 Å². The number of anilines is 1. The van der Waals surface area contributed by atoms with Gasteiger partial charge in [0, 0.05) is 5.39 Å². The summed E-state index contributed by atoms with van der Waals surface area (Å²) in [4.78, 5) is 24.7. The number of rotatable bonds is 16. The SMILES string of the molecule is CCOc1nc(N)nc2c1ncn2[C@H](CF)O[C@](F)(COP(=O)(NC(C)C(=O)OC(C)C)Oc1cccc2ccccc12)[C@H](C)O. The van der Waals surface area contributed by atoms with E-state index in [-0.39, 0.29) is 35.3 Å². The van der Waals surface area contributed by atoms with Gasteiger partial charge in [0.05, 0.1) is 19.0 Å². The van der Waals surface area contributed by atoms with Crippen LogP contribution in [-0.2, 0) is 23.4 Å². The summed E-state index contributed by atoms with van der Waals surface area (Å²) in [5.41, 5.74) is 5.86. The fourth-order valence-corrected chi connectivity index (χ4v) is 5.81. The Morgan fingerprint density at radius 2 is 1.87 bits per heavy atom. The van der Waals surface area contributed by atoms with E-state index in [1.54, 1.807) is 57.2 Å². The number of fused-ring (bicyclic) bond motifs is 2. The van der Waals surface area contributed by atoms with Crippen LogP contribution >= 0.6 is 7.75 Å². The topological polar surface area (TPSA) is 182 Å². The van der Waals surface area contributed by atoms with E-state index in [1.807, 2.05) is 0 Å². The number of hydrogen-bond donors (Lipinski definition) is 3. The summed E-state index contributed by atoms with van der Waals surface area (Å²) in [7, 11) is -4.66. The van der Waals surface area contributed by atoms with Crippen molar-refractivity contribution in [2.75, 3.05) is 25.6 Å². The summed E-state index contributed by atoms with van der Waals surface area (Å²) in [6, 6.07) is 10.7. The van der Waals surface area contributed by atoms with Gasteiger partial charge in [0.1, 0.15) is 31.2 Å². The van der Waals surface area contributed by atoms with Gasteiger partial charge < -0.3 is 29.6 Å². The van der Waals surface area contributed by atoms with Crippen LogP contribution in [-0.4, -0.2) is 74.6 Å². The first-order valence-corrected chi connectivity index (χ1v) is 16.0. The second-order valence-electron chi connectivity index (χ2n) is 10.5. The largest absolute Gasteiger partial charge is 0.476 e. The zero-order chi connectivity index (χ0) is 33.6. The Morgan fingerprint density at radius 3 is 2.54 bits per heavy atom. The van der Waals surface area contributed by atoms with Gasteiger partial charge in [-0.15, -0.1) is 0 Å². The number of alkyl halides is 2. The number of carbonyl (C=O) groups is 1. The molecular weight excluding hydrogens is 629 g/mol. The third kappa shape index (κ3) is 8.06. The van der Waals surface area contributed by atoms with Crippen molar-refractivity contribution < 1.29 is 46.5 Å². The number of nitrogens with one attached hydrogen (secondary N) is 1. The number of benzene rings is 2. The van der Waals surface area contributed by atoms with Gasteiger partial charge in [-0.2, -0.15) is 15.1 Å². The van der Waals surface area contributed by atoms with Crippen molar-refractivity contribution in [3.8, 4) is 11.6 Å². The fourth-order valence-electron chi connectivity index (χ4n) is 4.29. The summed E-state index contributed by atoms with van der Waals surface area (Å²) in [6.45, 7) is 5.02. The molecule has 0 spiro atoms. The van der Waals surface area contributed by atoms with Crippen LogP contribution in [0.5, 0.6) is 11.6 Å². The van der Waals surface area contributed by atoms with Crippen molar-refractivity contribution in [2.24, 2.45) is 0 Å². The summed E-state index contributed by atoms with van der Waals surface area (Å²) in [5.74, 6) is -4.07. The van der Waals surface area contributed by atoms with Crippen molar-refractivity contribution in [1.29, 1.82) is 0 Å². The molecule has 2 aromatic heterocycles. The van der Waals surface area contributed by atoms with Crippen LogP contribution < -0.4 is 20.1 Å². The molecule has 2 unspecified atom stereocenters. The number of nitrogen functional groups attached to an aromatic ring is 1. The minimum Gasteiger partial charge on any atom is -0.476 e. The van der Waals surface area contributed by atoms with Gasteiger partial charge >= 0.3 is 13.7 Å². The maximum atomic E-state index is 16.4. The van der Waals surface area contributed by atoms with E-state index in [0.29, 0.717) is 5.39 Å². The van der Waals surface area contributed by atoms with E-state index in [9.17, 15) is 18.9 Å². The average molecular weight is 667 g/mol. The lowest BCUT2D eigenvalue weighted by Gasteiger charge is -2.33. The van der Waals surface area contributed by atoms with Gasteiger partial charge in [0.25, 0.3) is 5.85 Å². The van der Waals surface area contributed by atoms with Crippen LogP contribution in [0.1, 0.15) is 40.8 Å². The van der Waals surface area contributed by atoms with Crippen LogP contribution in [0.25, 0.3) is 21.9 Å². The molecule has 250 valence electrons. The molecule has 14 nitrogen and oxygen atoms in total. The van der Waals surface area contributed by atoms with Crippen molar-refractivity contribution in [3.05, 3.63) is 48.8 Å². The zero-order valence-electron chi connectivity index (χ0n) is 25.9. The molecule has 0 bridgehead atoms. The lowest BCUT2D eigenvalue weighted by atomic mass is 10.1. The lowest BCUT2D eigenvalue weighted by molar-refractivity contribution is -0.259. The van der Waals surface area contributed by atoms with E-state index >= 15 is 4.39 Å². The number of esters is 1. The smallest absolute Gasteiger partial charge is 0.459 e. The van der Waals surface area contributed by atoms with Crippen molar-refractivity contribution >= 4 is 41.6 Å². The predicted molar refractivity (Wildman–Crippen MR) is 164 cm³/mol. The van der Waals surface area contributed by atoms with E-state index in [2.05, 4.69) is 20.0 Å². The number of carbonyl (C=O) groups excluding carboxylic acids is 1. The highest BCUT2D eigenvalue weighted by molar-refractivity contribution is 7.52. The molecule has 0 fully saturated rings. The number of nitrogens with two attached hydrogens (primary N) is 1. The second-order valence-corrected chi connectivity index (χ2v) is 12.2. The zero-order valence-corrected chi connectivity index (χ0v) is 26.8. The molecule has 17 heteroatoms. The molecule has 2 aromatic carbocycles. The Balaban J connectivity index is 1.65. The molecule has 2 heterocycles. The third-order valence-corrected chi connectivity index (χ3v) is 8.15. The molecule has 0 aliphatic heterocycles. The summed E-state index contributed by atoms with van der Waals surface area (Å²) in [5, 5.41) is 14.2. The molecule has 0 saturated heterocycles. The molecule has 0 aliphatic carbocycles. The first-order valence-electron chi connectivity index (χ1n) is 14.4.